The van der Waals surface area contributed by atoms with E-state index in [1.807, 2.05) is 37.4 Å². The molecule has 0 fully saturated rings. The number of aromatic nitrogens is 1. The van der Waals surface area contributed by atoms with Crippen LogP contribution in [0.15, 0.2) is 45.2 Å². The Morgan fingerprint density at radius 1 is 1.14 bits per heavy atom. The number of hydrogen-bond acceptors (Lipinski definition) is 6. The number of rotatable bonds is 4. The summed E-state index contributed by atoms with van der Waals surface area (Å²) in [5.41, 5.74) is 5.68. The molecule has 8 heteroatoms. The predicted molar refractivity (Wildman–Crippen MR) is 112 cm³/mol. The fraction of sp³-hybridized carbons (Fsp3) is 0.238. The Labute approximate surface area is 171 Å². The van der Waals surface area contributed by atoms with Crippen LogP contribution in [0, 0.1) is 13.8 Å². The number of amides is 2. The Kier molecular flexibility index (Phi) is 5.26. The first-order valence-electron chi connectivity index (χ1n) is 9.31. The molecular weight excluding hydrogens is 388 g/mol. The molecule has 4 rings (SSSR count). The number of hydrogen-bond donors (Lipinski definition) is 2. The van der Waals surface area contributed by atoms with Gasteiger partial charge < -0.3 is 9.73 Å². The zero-order chi connectivity index (χ0) is 20.4. The van der Waals surface area contributed by atoms with Crippen molar-refractivity contribution in [1.82, 2.24) is 10.4 Å². The van der Waals surface area contributed by atoms with Crippen molar-refractivity contribution in [2.75, 3.05) is 5.32 Å². The Hall–Kier alpha value is -3.26. The number of nitrogens with zero attached hydrogens (tertiary/aromatic N) is 2. The van der Waals surface area contributed by atoms with Gasteiger partial charge >= 0.3 is 0 Å². The fourth-order valence-electron chi connectivity index (χ4n) is 3.36. The third kappa shape index (κ3) is 3.97. The molecule has 0 bridgehead atoms. The van der Waals surface area contributed by atoms with E-state index in [1.54, 1.807) is 12.1 Å². The van der Waals surface area contributed by atoms with Gasteiger partial charge in [-0.25, -0.2) is 10.4 Å². The van der Waals surface area contributed by atoms with E-state index in [1.165, 1.54) is 11.3 Å². The van der Waals surface area contributed by atoms with E-state index in [9.17, 15) is 9.59 Å². The van der Waals surface area contributed by atoms with Gasteiger partial charge in [-0.1, -0.05) is 12.1 Å². The lowest BCUT2D eigenvalue weighted by Gasteiger charge is -2.13. The molecule has 0 saturated carbocycles. The highest BCUT2D eigenvalue weighted by Crippen LogP contribution is 2.30. The molecule has 0 aliphatic heterocycles. The summed E-state index contributed by atoms with van der Waals surface area (Å²) >= 11 is 1.36. The molecule has 0 unspecified atom stereocenters. The van der Waals surface area contributed by atoms with Crippen LogP contribution < -0.4 is 10.7 Å². The largest absolute Gasteiger partial charge is 0.455 e. The van der Waals surface area contributed by atoms with Crippen molar-refractivity contribution in [3.63, 3.8) is 0 Å². The van der Waals surface area contributed by atoms with E-state index < -0.39 is 0 Å². The van der Waals surface area contributed by atoms with Crippen molar-refractivity contribution in [1.29, 1.82) is 0 Å². The normalized spacial score (nSPS) is 14.5. The molecule has 3 aromatic rings. The SMILES string of the molecule is Cc1cccc(NC(=O)c2oc3c(c2C)/C(=N/NC(=O)c2cccs2)CCC3)n1. The van der Waals surface area contributed by atoms with Crippen molar-refractivity contribution < 1.29 is 14.0 Å². The molecule has 0 spiro atoms. The summed E-state index contributed by atoms with van der Waals surface area (Å²) in [4.78, 5) is 29.8. The number of carbonyl (C=O) groups excluding carboxylic acids is 2. The molecule has 3 aromatic heterocycles. The van der Waals surface area contributed by atoms with E-state index >= 15 is 0 Å². The summed E-state index contributed by atoms with van der Waals surface area (Å²) in [6.45, 7) is 3.70. The van der Waals surface area contributed by atoms with Crippen LogP contribution in [-0.2, 0) is 6.42 Å². The van der Waals surface area contributed by atoms with Gasteiger partial charge in [-0.15, -0.1) is 11.3 Å². The number of anilines is 1. The predicted octanol–water partition coefficient (Wildman–Crippen LogP) is 4.08. The molecule has 1 aliphatic rings. The minimum absolute atomic E-state index is 0.246. The van der Waals surface area contributed by atoms with Crippen LogP contribution >= 0.6 is 11.3 Å². The first-order chi connectivity index (χ1) is 14.0. The average Bonchev–Trinajstić information content (AvgIpc) is 3.35. The number of pyridine rings is 1. The summed E-state index contributed by atoms with van der Waals surface area (Å²) in [7, 11) is 0. The van der Waals surface area contributed by atoms with Crippen LogP contribution in [0.3, 0.4) is 0 Å². The lowest BCUT2D eigenvalue weighted by atomic mass is 9.93. The molecule has 148 valence electrons. The van der Waals surface area contributed by atoms with Gasteiger partial charge in [0.2, 0.25) is 0 Å². The smallest absolute Gasteiger partial charge is 0.292 e. The molecule has 0 radical (unpaired) electrons. The zero-order valence-electron chi connectivity index (χ0n) is 16.1. The maximum Gasteiger partial charge on any atom is 0.292 e. The topological polar surface area (TPSA) is 96.6 Å². The number of nitrogens with one attached hydrogen (secondary N) is 2. The molecule has 0 saturated heterocycles. The van der Waals surface area contributed by atoms with Crippen LogP contribution in [0.5, 0.6) is 0 Å². The Morgan fingerprint density at radius 2 is 2.00 bits per heavy atom. The van der Waals surface area contributed by atoms with Gasteiger partial charge in [-0.05, 0) is 50.3 Å². The highest BCUT2D eigenvalue weighted by molar-refractivity contribution is 7.12. The third-order valence-electron chi connectivity index (χ3n) is 4.70. The molecule has 3 heterocycles. The van der Waals surface area contributed by atoms with Crippen molar-refractivity contribution in [3.05, 3.63) is 68.9 Å². The first kappa shape index (κ1) is 19.1. The molecule has 7 nitrogen and oxygen atoms in total. The summed E-state index contributed by atoms with van der Waals surface area (Å²) < 4.78 is 5.88. The van der Waals surface area contributed by atoms with Crippen LogP contribution in [-0.4, -0.2) is 22.5 Å². The summed E-state index contributed by atoms with van der Waals surface area (Å²) in [6.07, 6.45) is 2.27. The Bertz CT molecular complexity index is 1100. The fourth-order valence-corrected chi connectivity index (χ4v) is 3.98. The van der Waals surface area contributed by atoms with Gasteiger partial charge in [0.1, 0.15) is 11.6 Å². The molecule has 2 N–H and O–H groups in total. The minimum Gasteiger partial charge on any atom is -0.455 e. The lowest BCUT2D eigenvalue weighted by Crippen LogP contribution is -2.21. The Morgan fingerprint density at radius 3 is 2.76 bits per heavy atom. The molecule has 29 heavy (non-hydrogen) atoms. The van der Waals surface area contributed by atoms with Crippen LogP contribution in [0.4, 0.5) is 5.82 Å². The summed E-state index contributed by atoms with van der Waals surface area (Å²) in [5.74, 6) is 0.847. The molecule has 2 amide bonds. The van der Waals surface area contributed by atoms with Crippen LogP contribution in [0.25, 0.3) is 0 Å². The van der Waals surface area contributed by atoms with Crippen molar-refractivity contribution >= 4 is 34.7 Å². The van der Waals surface area contributed by atoms with Gasteiger partial charge in [0.15, 0.2) is 5.76 Å². The zero-order valence-corrected chi connectivity index (χ0v) is 16.9. The second-order valence-electron chi connectivity index (χ2n) is 6.80. The maximum absolute atomic E-state index is 12.7. The molecule has 1 aliphatic carbocycles. The Balaban J connectivity index is 1.58. The van der Waals surface area contributed by atoms with Crippen LogP contribution in [0.2, 0.25) is 0 Å². The van der Waals surface area contributed by atoms with Crippen molar-refractivity contribution in [2.45, 2.75) is 33.1 Å². The molecular formula is C21H20N4O3S. The number of thiophene rings is 1. The third-order valence-corrected chi connectivity index (χ3v) is 5.57. The maximum atomic E-state index is 12.7. The lowest BCUT2D eigenvalue weighted by molar-refractivity contribution is 0.0957. The second-order valence-corrected chi connectivity index (χ2v) is 7.75. The van der Waals surface area contributed by atoms with Gasteiger partial charge in [-0.2, -0.15) is 5.10 Å². The number of aryl methyl sites for hydroxylation is 2. The van der Waals surface area contributed by atoms with E-state index in [-0.39, 0.29) is 17.6 Å². The van der Waals surface area contributed by atoms with Gasteiger partial charge in [0.05, 0.1) is 10.6 Å². The highest BCUT2D eigenvalue weighted by Gasteiger charge is 2.28. The number of carbonyl (C=O) groups is 2. The summed E-state index contributed by atoms with van der Waals surface area (Å²) in [6, 6.07) is 8.99. The number of fused-ring (bicyclic) bond motifs is 1. The molecule has 0 aromatic carbocycles. The van der Waals surface area contributed by atoms with Crippen LogP contribution in [0.1, 0.15) is 55.6 Å². The summed E-state index contributed by atoms with van der Waals surface area (Å²) in [5, 5.41) is 8.95. The monoisotopic (exact) mass is 408 g/mol. The first-order valence-corrected chi connectivity index (χ1v) is 10.2. The van der Waals surface area contributed by atoms with Gasteiger partial charge in [0.25, 0.3) is 11.8 Å². The number of furan rings is 1. The van der Waals surface area contributed by atoms with E-state index in [0.717, 1.165) is 35.6 Å². The van der Waals surface area contributed by atoms with Crippen molar-refractivity contribution in [2.24, 2.45) is 5.10 Å². The second kappa shape index (κ2) is 8.00. The standard InChI is InChI=1S/C21H20N4O3S/c1-12-6-3-10-17(22-12)23-21(27)19-13(2)18-14(7-4-8-15(18)28-19)24-25-20(26)16-9-5-11-29-16/h3,5-6,9-11H,4,7-8H2,1-2H3,(H,25,26)(H,22,23,27)/b24-14+. The van der Waals surface area contributed by atoms with Gasteiger partial charge in [-0.3, -0.25) is 9.59 Å². The average molecular weight is 408 g/mol. The van der Waals surface area contributed by atoms with Gasteiger partial charge in [0, 0.05) is 23.2 Å². The quantitative estimate of drug-likeness (QED) is 0.636. The number of hydrazone groups is 1. The van der Waals surface area contributed by atoms with E-state index in [4.69, 9.17) is 4.42 Å². The highest BCUT2D eigenvalue weighted by atomic mass is 32.1. The van der Waals surface area contributed by atoms with Crippen molar-refractivity contribution in [3.8, 4) is 0 Å². The molecule has 0 atom stereocenters. The minimum atomic E-state index is -0.350. The van der Waals surface area contributed by atoms with E-state index in [2.05, 4.69) is 20.8 Å². The van der Waals surface area contributed by atoms with E-state index in [0.29, 0.717) is 22.7 Å².